The predicted molar refractivity (Wildman–Crippen MR) is 77.5 cm³/mol. The summed E-state index contributed by atoms with van der Waals surface area (Å²) in [6.45, 7) is 0.255. The zero-order valence-electron chi connectivity index (χ0n) is 9.06. The molecule has 1 heterocycles. The topological polar surface area (TPSA) is 46.2 Å². The van der Waals surface area contributed by atoms with E-state index in [1.54, 1.807) is 6.07 Å². The lowest BCUT2D eigenvalue weighted by atomic mass is 10.2. The first-order valence-electron chi connectivity index (χ1n) is 4.97. The van der Waals surface area contributed by atoms with Crippen LogP contribution in [0, 0.1) is 0 Å². The molecule has 0 amide bonds. The van der Waals surface area contributed by atoms with Crippen LogP contribution in [-0.4, -0.2) is 8.42 Å². The lowest BCUT2D eigenvalue weighted by Crippen LogP contribution is -2.22. The molecule has 0 spiro atoms. The summed E-state index contributed by atoms with van der Waals surface area (Å²) in [5.41, 5.74) is 0.893. The van der Waals surface area contributed by atoms with Gasteiger partial charge in [0.1, 0.15) is 4.21 Å². The Labute approximate surface area is 123 Å². The van der Waals surface area contributed by atoms with E-state index in [0.29, 0.717) is 4.34 Å². The summed E-state index contributed by atoms with van der Waals surface area (Å²) < 4.78 is 28.0. The largest absolute Gasteiger partial charge is 0.250 e. The van der Waals surface area contributed by atoms with Crippen LogP contribution in [0.3, 0.4) is 0 Å². The molecule has 1 N–H and O–H groups in total. The van der Waals surface area contributed by atoms with Crippen molar-refractivity contribution in [3.8, 4) is 0 Å². The van der Waals surface area contributed by atoms with Gasteiger partial charge in [-0.15, -0.1) is 11.3 Å². The maximum atomic E-state index is 11.9. The summed E-state index contributed by atoms with van der Waals surface area (Å²) in [6, 6.07) is 10.5. The standard InChI is InChI=1S/C11H9BrClNO2S2/c12-9-3-1-8(2-4-9)7-14-18(15,16)11-6-5-10(13)17-11/h1-6,14H,7H2. The summed E-state index contributed by atoms with van der Waals surface area (Å²) >= 11 is 10.1. The molecule has 2 rings (SSSR count). The van der Waals surface area contributed by atoms with Crippen LogP contribution in [0.25, 0.3) is 0 Å². The SMILES string of the molecule is O=S(=O)(NCc1ccc(Br)cc1)c1ccc(Cl)s1. The lowest BCUT2D eigenvalue weighted by molar-refractivity contribution is 0.583. The molecule has 0 aliphatic carbocycles. The highest BCUT2D eigenvalue weighted by Gasteiger charge is 2.15. The molecule has 3 nitrogen and oxygen atoms in total. The molecule has 0 atom stereocenters. The molecule has 0 bridgehead atoms. The van der Waals surface area contributed by atoms with Crippen LogP contribution in [0.4, 0.5) is 0 Å². The Morgan fingerprint density at radius 2 is 1.83 bits per heavy atom. The van der Waals surface area contributed by atoms with Gasteiger partial charge in [-0.05, 0) is 29.8 Å². The number of hydrogen-bond donors (Lipinski definition) is 1. The van der Waals surface area contributed by atoms with Crippen molar-refractivity contribution in [3.63, 3.8) is 0 Å². The first-order chi connectivity index (χ1) is 8.47. The summed E-state index contributed by atoms with van der Waals surface area (Å²) in [5.74, 6) is 0. The lowest BCUT2D eigenvalue weighted by Gasteiger charge is -2.04. The number of benzene rings is 1. The van der Waals surface area contributed by atoms with E-state index in [1.807, 2.05) is 24.3 Å². The first-order valence-corrected chi connectivity index (χ1v) is 8.44. The van der Waals surface area contributed by atoms with E-state index in [2.05, 4.69) is 20.7 Å². The van der Waals surface area contributed by atoms with E-state index in [9.17, 15) is 8.42 Å². The van der Waals surface area contributed by atoms with Crippen molar-refractivity contribution in [1.82, 2.24) is 4.72 Å². The number of halogens is 2. The molecule has 0 unspecified atom stereocenters. The van der Waals surface area contributed by atoms with E-state index in [1.165, 1.54) is 6.07 Å². The van der Waals surface area contributed by atoms with Gasteiger partial charge in [0, 0.05) is 11.0 Å². The molecule has 1 aromatic carbocycles. The molecule has 0 radical (unpaired) electrons. The Morgan fingerprint density at radius 3 is 2.39 bits per heavy atom. The fourth-order valence-electron chi connectivity index (χ4n) is 1.29. The minimum absolute atomic E-state index is 0.226. The van der Waals surface area contributed by atoms with Gasteiger partial charge in [-0.1, -0.05) is 39.7 Å². The Morgan fingerprint density at radius 1 is 1.17 bits per heavy atom. The molecule has 7 heteroatoms. The van der Waals surface area contributed by atoms with Gasteiger partial charge in [0.25, 0.3) is 0 Å². The van der Waals surface area contributed by atoms with Crippen molar-refractivity contribution in [2.75, 3.05) is 0 Å². The molecule has 0 saturated heterocycles. The molecule has 1 aromatic heterocycles. The van der Waals surface area contributed by atoms with Crippen molar-refractivity contribution in [3.05, 3.63) is 50.8 Å². The summed E-state index contributed by atoms with van der Waals surface area (Å²) in [4.78, 5) is 0. The highest BCUT2D eigenvalue weighted by Crippen LogP contribution is 2.25. The first kappa shape index (κ1) is 14.0. The predicted octanol–water partition coefficient (Wildman–Crippen LogP) is 3.64. The highest BCUT2D eigenvalue weighted by atomic mass is 79.9. The quantitative estimate of drug-likeness (QED) is 0.898. The molecule has 0 fully saturated rings. The van der Waals surface area contributed by atoms with Crippen LogP contribution in [0.15, 0.2) is 45.1 Å². The van der Waals surface area contributed by atoms with Crippen LogP contribution in [0.1, 0.15) is 5.56 Å². The van der Waals surface area contributed by atoms with Crippen LogP contribution in [0.2, 0.25) is 4.34 Å². The van der Waals surface area contributed by atoms with Crippen molar-refractivity contribution >= 4 is 48.9 Å². The number of sulfonamides is 1. The zero-order valence-corrected chi connectivity index (χ0v) is 13.0. The van der Waals surface area contributed by atoms with Gasteiger partial charge < -0.3 is 0 Å². The maximum absolute atomic E-state index is 11.9. The van der Waals surface area contributed by atoms with Gasteiger partial charge in [0.15, 0.2) is 0 Å². The van der Waals surface area contributed by atoms with Gasteiger partial charge >= 0.3 is 0 Å². The van der Waals surface area contributed by atoms with Crippen LogP contribution < -0.4 is 4.72 Å². The monoisotopic (exact) mass is 365 g/mol. The Kier molecular flexibility index (Phi) is 4.45. The average molecular weight is 367 g/mol. The molecule has 0 aliphatic rings. The maximum Gasteiger partial charge on any atom is 0.250 e. The van der Waals surface area contributed by atoms with Gasteiger partial charge in [-0.2, -0.15) is 0 Å². The zero-order chi connectivity index (χ0) is 13.2. The summed E-state index contributed by atoms with van der Waals surface area (Å²) in [6.07, 6.45) is 0. The smallest absolute Gasteiger partial charge is 0.206 e. The number of thiophene rings is 1. The van der Waals surface area contributed by atoms with E-state index in [0.717, 1.165) is 21.4 Å². The number of rotatable bonds is 4. The Hall–Kier alpha value is -0.400. The molecule has 0 aliphatic heterocycles. The highest BCUT2D eigenvalue weighted by molar-refractivity contribution is 9.10. The summed E-state index contributed by atoms with van der Waals surface area (Å²) in [7, 11) is -3.48. The number of nitrogens with one attached hydrogen (secondary N) is 1. The molecule has 18 heavy (non-hydrogen) atoms. The van der Waals surface area contributed by atoms with Gasteiger partial charge in [0.05, 0.1) is 4.34 Å². The van der Waals surface area contributed by atoms with Gasteiger partial charge in [-0.3, -0.25) is 0 Å². The van der Waals surface area contributed by atoms with Crippen molar-refractivity contribution in [2.45, 2.75) is 10.8 Å². The van der Waals surface area contributed by atoms with E-state index in [4.69, 9.17) is 11.6 Å². The van der Waals surface area contributed by atoms with Crippen LogP contribution in [-0.2, 0) is 16.6 Å². The van der Waals surface area contributed by atoms with E-state index < -0.39 is 10.0 Å². The minimum Gasteiger partial charge on any atom is -0.206 e. The average Bonchev–Trinajstić information content (AvgIpc) is 2.76. The van der Waals surface area contributed by atoms with Crippen molar-refractivity contribution < 1.29 is 8.42 Å². The van der Waals surface area contributed by atoms with E-state index in [-0.39, 0.29) is 10.8 Å². The second kappa shape index (κ2) is 5.71. The molecule has 0 saturated carbocycles. The number of hydrogen-bond acceptors (Lipinski definition) is 3. The normalized spacial score (nSPS) is 11.7. The fraction of sp³-hybridized carbons (Fsp3) is 0.0909. The third-order valence-corrected chi connectivity index (χ3v) is 5.85. The molecular weight excluding hydrogens is 358 g/mol. The molecular formula is C11H9BrClNO2S2. The second-order valence-electron chi connectivity index (χ2n) is 3.51. The Balaban J connectivity index is 2.08. The van der Waals surface area contributed by atoms with E-state index >= 15 is 0 Å². The third-order valence-electron chi connectivity index (χ3n) is 2.19. The van der Waals surface area contributed by atoms with Gasteiger partial charge in [0.2, 0.25) is 10.0 Å². The second-order valence-corrected chi connectivity index (χ2v) is 8.13. The molecule has 2 aromatic rings. The summed E-state index contributed by atoms with van der Waals surface area (Å²) in [5, 5.41) is 0. The Bertz CT molecular complexity index is 637. The minimum atomic E-state index is -3.48. The van der Waals surface area contributed by atoms with Crippen LogP contribution >= 0.6 is 38.9 Å². The van der Waals surface area contributed by atoms with Gasteiger partial charge in [-0.25, -0.2) is 13.1 Å². The van der Waals surface area contributed by atoms with Crippen molar-refractivity contribution in [2.24, 2.45) is 0 Å². The molecule has 96 valence electrons. The fourth-order valence-corrected chi connectivity index (χ4v) is 4.10. The van der Waals surface area contributed by atoms with Crippen LogP contribution in [0.5, 0.6) is 0 Å². The van der Waals surface area contributed by atoms with Crippen molar-refractivity contribution in [1.29, 1.82) is 0 Å². The third kappa shape index (κ3) is 3.55.